The van der Waals surface area contributed by atoms with Crippen molar-refractivity contribution in [2.45, 2.75) is 25.6 Å². The molecule has 0 spiro atoms. The summed E-state index contributed by atoms with van der Waals surface area (Å²) in [5, 5.41) is 10.4. The molecule has 0 aliphatic carbocycles. The Balaban J connectivity index is 0.000000224. The van der Waals surface area contributed by atoms with E-state index in [1.54, 1.807) is 0 Å². The molecule has 6 nitrogen and oxygen atoms in total. The molecule has 1 saturated heterocycles. The van der Waals surface area contributed by atoms with Gasteiger partial charge in [0.1, 0.15) is 11.6 Å². The van der Waals surface area contributed by atoms with Gasteiger partial charge in [0.25, 0.3) is 0 Å². The van der Waals surface area contributed by atoms with Crippen LogP contribution < -0.4 is 11.1 Å². The van der Waals surface area contributed by atoms with Crippen LogP contribution in [-0.4, -0.2) is 33.8 Å². The van der Waals surface area contributed by atoms with Crippen LogP contribution in [0.4, 0.5) is 19.0 Å². The fourth-order valence-electron chi connectivity index (χ4n) is 1.33. The first kappa shape index (κ1) is 15.2. The summed E-state index contributed by atoms with van der Waals surface area (Å²) in [5.74, 6) is -1.45. The maximum Gasteiger partial charge on any atom is 0.490 e. The zero-order chi connectivity index (χ0) is 14.6. The minimum absolute atomic E-state index is 0.397. The average Bonchev–Trinajstić information content (AvgIpc) is 2.11. The number of aryl methyl sites for hydroxylation is 1. The van der Waals surface area contributed by atoms with E-state index in [0.717, 1.165) is 24.5 Å². The van der Waals surface area contributed by atoms with E-state index in [1.807, 2.05) is 13.0 Å². The van der Waals surface area contributed by atoms with Gasteiger partial charge in [-0.3, -0.25) is 0 Å². The quantitative estimate of drug-likeness (QED) is 0.709. The van der Waals surface area contributed by atoms with Crippen molar-refractivity contribution < 1.29 is 23.1 Å². The number of anilines is 1. The van der Waals surface area contributed by atoms with Crippen LogP contribution in [0, 0.1) is 6.92 Å². The highest BCUT2D eigenvalue weighted by molar-refractivity contribution is 5.73. The van der Waals surface area contributed by atoms with E-state index < -0.39 is 12.1 Å². The first-order chi connectivity index (χ1) is 8.70. The van der Waals surface area contributed by atoms with Crippen molar-refractivity contribution in [2.24, 2.45) is 0 Å². The molecular weight excluding hydrogens is 265 g/mol. The Morgan fingerprint density at radius 2 is 2.05 bits per heavy atom. The molecule has 0 radical (unpaired) electrons. The Labute approximate surface area is 106 Å². The standard InChI is InChI=1S/C8H12N4.C2HF3O2/c1-5-11-7(4-8(9)12-5)6-2-3-10-6;3-2(4,5)1(6)7/h4,6,10H,2-3H2,1H3,(H2,9,11,12);(H,6,7). The number of carboxylic acids is 1. The fraction of sp³-hybridized carbons (Fsp3) is 0.500. The second-order valence-electron chi connectivity index (χ2n) is 3.86. The number of hydrogen-bond acceptors (Lipinski definition) is 5. The van der Waals surface area contributed by atoms with E-state index in [-0.39, 0.29) is 0 Å². The second-order valence-corrected chi connectivity index (χ2v) is 3.86. The number of halogens is 3. The molecule has 2 heterocycles. The Kier molecular flexibility index (Phi) is 4.65. The number of aromatic nitrogens is 2. The number of nitrogens with zero attached hydrogens (tertiary/aromatic N) is 2. The molecule has 2 rings (SSSR count). The predicted molar refractivity (Wildman–Crippen MR) is 60.2 cm³/mol. The maximum atomic E-state index is 10.6. The van der Waals surface area contributed by atoms with Crippen LogP contribution in [0.1, 0.15) is 24.0 Å². The number of aliphatic carboxylic acids is 1. The number of rotatable bonds is 1. The lowest BCUT2D eigenvalue weighted by atomic mass is 10.0. The number of nitrogens with one attached hydrogen (secondary N) is 1. The minimum Gasteiger partial charge on any atom is -0.475 e. The lowest BCUT2D eigenvalue weighted by molar-refractivity contribution is -0.192. The predicted octanol–water partition coefficient (Wildman–Crippen LogP) is 1.03. The number of alkyl halides is 3. The lowest BCUT2D eigenvalue weighted by Crippen LogP contribution is -2.35. The van der Waals surface area contributed by atoms with Crippen LogP contribution in [0.2, 0.25) is 0 Å². The normalized spacial score (nSPS) is 18.0. The molecule has 1 fully saturated rings. The van der Waals surface area contributed by atoms with Gasteiger partial charge in [-0.05, 0) is 19.9 Å². The summed E-state index contributed by atoms with van der Waals surface area (Å²) in [6.45, 7) is 2.94. The van der Waals surface area contributed by atoms with Crippen molar-refractivity contribution in [3.8, 4) is 0 Å². The highest BCUT2D eigenvalue weighted by atomic mass is 19.4. The van der Waals surface area contributed by atoms with E-state index in [1.165, 1.54) is 0 Å². The van der Waals surface area contributed by atoms with Crippen molar-refractivity contribution in [1.82, 2.24) is 15.3 Å². The average molecular weight is 278 g/mol. The summed E-state index contributed by atoms with van der Waals surface area (Å²) in [6.07, 6.45) is -3.93. The van der Waals surface area contributed by atoms with E-state index in [0.29, 0.717) is 11.9 Å². The Morgan fingerprint density at radius 1 is 1.53 bits per heavy atom. The van der Waals surface area contributed by atoms with Gasteiger partial charge >= 0.3 is 12.1 Å². The molecule has 1 aliphatic rings. The monoisotopic (exact) mass is 278 g/mol. The number of carboxylic acid groups (broad SMARTS) is 1. The number of nitrogen functional groups attached to an aromatic ring is 1. The van der Waals surface area contributed by atoms with Gasteiger partial charge in [-0.15, -0.1) is 0 Å². The number of carbonyl (C=O) groups is 1. The van der Waals surface area contributed by atoms with Gasteiger partial charge in [-0.2, -0.15) is 13.2 Å². The first-order valence-electron chi connectivity index (χ1n) is 5.34. The van der Waals surface area contributed by atoms with E-state index in [2.05, 4.69) is 15.3 Å². The Bertz CT molecular complexity index is 440. The third-order valence-corrected chi connectivity index (χ3v) is 2.30. The van der Waals surface area contributed by atoms with Gasteiger partial charge < -0.3 is 16.2 Å². The summed E-state index contributed by atoms with van der Waals surface area (Å²) in [4.78, 5) is 17.2. The van der Waals surface area contributed by atoms with Crippen molar-refractivity contribution >= 4 is 11.8 Å². The molecule has 0 saturated carbocycles. The van der Waals surface area contributed by atoms with Crippen LogP contribution in [0.15, 0.2) is 6.07 Å². The van der Waals surface area contributed by atoms with E-state index >= 15 is 0 Å². The molecule has 4 N–H and O–H groups in total. The number of nitrogens with two attached hydrogens (primary N) is 1. The third kappa shape index (κ3) is 4.70. The first-order valence-corrected chi connectivity index (χ1v) is 5.34. The Hall–Kier alpha value is -1.90. The zero-order valence-electron chi connectivity index (χ0n) is 10.0. The third-order valence-electron chi connectivity index (χ3n) is 2.30. The van der Waals surface area contributed by atoms with E-state index in [4.69, 9.17) is 15.6 Å². The van der Waals surface area contributed by atoms with Gasteiger partial charge in [-0.1, -0.05) is 0 Å². The summed E-state index contributed by atoms with van der Waals surface area (Å²) in [7, 11) is 0. The molecule has 0 aromatic carbocycles. The zero-order valence-corrected chi connectivity index (χ0v) is 10.0. The second kappa shape index (κ2) is 5.83. The summed E-state index contributed by atoms with van der Waals surface area (Å²) < 4.78 is 31.7. The van der Waals surface area contributed by atoms with Gasteiger partial charge in [0.05, 0.1) is 11.7 Å². The van der Waals surface area contributed by atoms with Crippen molar-refractivity contribution in [3.63, 3.8) is 0 Å². The molecule has 1 aliphatic heterocycles. The molecule has 1 aromatic rings. The van der Waals surface area contributed by atoms with Crippen molar-refractivity contribution in [2.75, 3.05) is 12.3 Å². The maximum absolute atomic E-state index is 10.6. The molecular formula is C10H13F3N4O2. The SMILES string of the molecule is Cc1nc(N)cc(C2CCN2)n1.O=C(O)C(F)(F)F. The van der Waals surface area contributed by atoms with Gasteiger partial charge in [0, 0.05) is 6.07 Å². The van der Waals surface area contributed by atoms with Gasteiger partial charge in [-0.25, -0.2) is 14.8 Å². The molecule has 1 unspecified atom stereocenters. The smallest absolute Gasteiger partial charge is 0.475 e. The summed E-state index contributed by atoms with van der Waals surface area (Å²) in [5.41, 5.74) is 6.62. The van der Waals surface area contributed by atoms with E-state index in [9.17, 15) is 13.2 Å². The molecule has 0 amide bonds. The van der Waals surface area contributed by atoms with Crippen LogP contribution in [0.25, 0.3) is 0 Å². The molecule has 19 heavy (non-hydrogen) atoms. The van der Waals surface area contributed by atoms with Gasteiger partial charge in [0.2, 0.25) is 0 Å². The van der Waals surface area contributed by atoms with Gasteiger partial charge in [0.15, 0.2) is 0 Å². The fourth-order valence-corrected chi connectivity index (χ4v) is 1.33. The Morgan fingerprint density at radius 3 is 2.37 bits per heavy atom. The highest BCUT2D eigenvalue weighted by Crippen LogP contribution is 2.21. The summed E-state index contributed by atoms with van der Waals surface area (Å²) >= 11 is 0. The lowest BCUT2D eigenvalue weighted by Gasteiger charge is -2.27. The molecule has 1 aromatic heterocycles. The van der Waals surface area contributed by atoms with Crippen LogP contribution in [0.5, 0.6) is 0 Å². The minimum atomic E-state index is -5.08. The molecule has 0 bridgehead atoms. The van der Waals surface area contributed by atoms with Crippen LogP contribution in [0.3, 0.4) is 0 Å². The summed E-state index contributed by atoms with van der Waals surface area (Å²) in [6, 6.07) is 2.23. The highest BCUT2D eigenvalue weighted by Gasteiger charge is 2.38. The molecule has 1 atom stereocenters. The number of hydrogen-bond donors (Lipinski definition) is 3. The largest absolute Gasteiger partial charge is 0.490 e. The molecule has 9 heteroatoms. The van der Waals surface area contributed by atoms with Crippen LogP contribution in [-0.2, 0) is 4.79 Å². The van der Waals surface area contributed by atoms with Crippen molar-refractivity contribution in [1.29, 1.82) is 0 Å². The van der Waals surface area contributed by atoms with Crippen molar-refractivity contribution in [3.05, 3.63) is 17.6 Å². The molecule has 106 valence electrons. The topological polar surface area (TPSA) is 101 Å². The van der Waals surface area contributed by atoms with Crippen LogP contribution >= 0.6 is 0 Å².